The second-order valence-electron chi connectivity index (χ2n) is 5.15. The molecule has 1 aromatic heterocycles. The van der Waals surface area contributed by atoms with Crippen molar-refractivity contribution in [3.63, 3.8) is 0 Å². The number of fused-ring (bicyclic) bond motifs is 1. The highest BCUT2D eigenvalue weighted by molar-refractivity contribution is 5.89. The van der Waals surface area contributed by atoms with Crippen LogP contribution < -0.4 is 10.1 Å². The van der Waals surface area contributed by atoms with Gasteiger partial charge in [0.2, 0.25) is 12.4 Å². The first kappa shape index (κ1) is 13.5. The molecule has 1 N–H and O–H groups in total. The molecule has 0 saturated carbocycles. The second-order valence-corrected chi connectivity index (χ2v) is 5.15. The Balaban J connectivity index is 2.04. The summed E-state index contributed by atoms with van der Waals surface area (Å²) in [6.07, 6.45) is 1.01. The van der Waals surface area contributed by atoms with Crippen LogP contribution in [0.15, 0.2) is 48.5 Å². The van der Waals surface area contributed by atoms with E-state index in [1.807, 2.05) is 24.3 Å². The number of nitrogens with one attached hydrogen (secondary N) is 1. The Morgan fingerprint density at radius 3 is 2.52 bits per heavy atom. The number of rotatable bonds is 4. The van der Waals surface area contributed by atoms with Gasteiger partial charge in [0, 0.05) is 27.1 Å². The molecule has 0 saturated heterocycles. The van der Waals surface area contributed by atoms with Crippen LogP contribution in [0.1, 0.15) is 18.9 Å². The van der Waals surface area contributed by atoms with Gasteiger partial charge in [-0.2, -0.15) is 0 Å². The maximum Gasteiger partial charge on any atom is 0.210 e. The van der Waals surface area contributed by atoms with Crippen molar-refractivity contribution in [2.75, 3.05) is 5.32 Å². The van der Waals surface area contributed by atoms with E-state index in [0.29, 0.717) is 0 Å². The Morgan fingerprint density at radius 2 is 1.76 bits per heavy atom. The van der Waals surface area contributed by atoms with Gasteiger partial charge >= 0.3 is 0 Å². The Morgan fingerprint density at radius 1 is 1.00 bits per heavy atom. The van der Waals surface area contributed by atoms with Gasteiger partial charge in [0.05, 0.1) is 5.39 Å². The summed E-state index contributed by atoms with van der Waals surface area (Å²) >= 11 is 0. The molecule has 1 heterocycles. The fourth-order valence-corrected chi connectivity index (χ4v) is 2.24. The highest BCUT2D eigenvalue weighted by Crippen LogP contribution is 2.21. The monoisotopic (exact) mass is 279 g/mol. The lowest BCUT2D eigenvalue weighted by Crippen LogP contribution is -2.42. The van der Waals surface area contributed by atoms with Crippen molar-refractivity contribution in [3.05, 3.63) is 54.1 Å². The van der Waals surface area contributed by atoms with Crippen LogP contribution in [0, 0.1) is 6.92 Å². The molecule has 4 nitrogen and oxygen atoms in total. The van der Waals surface area contributed by atoms with E-state index >= 15 is 0 Å². The van der Waals surface area contributed by atoms with Gasteiger partial charge < -0.3 is 5.32 Å². The van der Waals surface area contributed by atoms with E-state index in [9.17, 15) is 0 Å². The van der Waals surface area contributed by atoms with Crippen LogP contribution in [0.5, 0.6) is 0 Å². The van der Waals surface area contributed by atoms with Gasteiger partial charge in [-0.3, -0.25) is 0 Å². The van der Waals surface area contributed by atoms with E-state index in [4.69, 9.17) is 0 Å². The lowest BCUT2D eigenvalue weighted by atomic mass is 10.2. The molecule has 0 amide bonds. The van der Waals surface area contributed by atoms with E-state index < -0.39 is 0 Å². The van der Waals surface area contributed by atoms with Crippen molar-refractivity contribution in [1.29, 1.82) is 0 Å². The zero-order valence-electron chi connectivity index (χ0n) is 12.4. The summed E-state index contributed by atoms with van der Waals surface area (Å²) in [6.45, 7) is 5.02. The molecule has 0 aliphatic rings. The molecule has 4 heteroatoms. The lowest BCUT2D eigenvalue weighted by molar-refractivity contribution is -0.804. The molecule has 3 rings (SSSR count). The molecule has 0 radical (unpaired) electrons. The van der Waals surface area contributed by atoms with E-state index in [1.54, 1.807) is 4.80 Å². The molecule has 0 fully saturated rings. The molecule has 2 aromatic carbocycles. The average Bonchev–Trinajstić information content (AvgIpc) is 2.50. The summed E-state index contributed by atoms with van der Waals surface area (Å²) in [6, 6.07) is 16.4. The fraction of sp³-hybridized carbons (Fsp3) is 0.235. The summed E-state index contributed by atoms with van der Waals surface area (Å²) in [5.41, 5.74) is 3.23. The molecular weight excluding hydrogens is 260 g/mol. The SMILES string of the molecule is CCC[n+]1nc(Nc2ccc(C)cc2)c2ccccc2n1. The number of hydrogen-bond acceptors (Lipinski definition) is 3. The number of aryl methyl sites for hydroxylation is 2. The van der Waals surface area contributed by atoms with Gasteiger partial charge in [-0.15, -0.1) is 0 Å². The third kappa shape index (κ3) is 2.99. The molecular formula is C17H19N4+. The summed E-state index contributed by atoms with van der Waals surface area (Å²) < 4.78 is 0. The number of anilines is 2. The quantitative estimate of drug-likeness (QED) is 0.744. The van der Waals surface area contributed by atoms with E-state index in [-0.39, 0.29) is 0 Å². The summed E-state index contributed by atoms with van der Waals surface area (Å²) in [4.78, 5) is 1.76. The first-order chi connectivity index (χ1) is 10.3. The van der Waals surface area contributed by atoms with Gasteiger partial charge in [-0.1, -0.05) is 36.8 Å². The smallest absolute Gasteiger partial charge is 0.210 e. The van der Waals surface area contributed by atoms with Crippen LogP contribution in [-0.2, 0) is 6.54 Å². The van der Waals surface area contributed by atoms with Gasteiger partial charge in [-0.05, 0) is 31.2 Å². The fourth-order valence-electron chi connectivity index (χ4n) is 2.24. The first-order valence-corrected chi connectivity index (χ1v) is 7.27. The van der Waals surface area contributed by atoms with Crippen molar-refractivity contribution in [2.45, 2.75) is 26.8 Å². The minimum Gasteiger partial charge on any atom is -0.335 e. The van der Waals surface area contributed by atoms with E-state index in [0.717, 1.165) is 35.4 Å². The van der Waals surface area contributed by atoms with E-state index in [1.165, 1.54) is 5.56 Å². The third-order valence-corrected chi connectivity index (χ3v) is 3.34. The minimum atomic E-state index is 0.813. The predicted molar refractivity (Wildman–Crippen MR) is 84.5 cm³/mol. The number of aromatic nitrogens is 3. The zero-order chi connectivity index (χ0) is 14.7. The number of hydrogen-bond donors (Lipinski definition) is 1. The normalized spacial score (nSPS) is 10.8. The number of benzene rings is 2. The molecule has 0 aliphatic carbocycles. The predicted octanol–water partition coefficient (Wildman–Crippen LogP) is 3.38. The Labute approximate surface area is 124 Å². The largest absolute Gasteiger partial charge is 0.335 e. The Hall–Kier alpha value is -2.49. The van der Waals surface area contributed by atoms with Crippen molar-refractivity contribution >= 4 is 22.4 Å². The van der Waals surface area contributed by atoms with Gasteiger partial charge in [0.15, 0.2) is 0 Å². The molecule has 21 heavy (non-hydrogen) atoms. The molecule has 0 aliphatic heterocycles. The highest BCUT2D eigenvalue weighted by Gasteiger charge is 2.13. The van der Waals surface area contributed by atoms with Gasteiger partial charge in [0.25, 0.3) is 0 Å². The lowest BCUT2D eigenvalue weighted by Gasteiger charge is -2.06. The highest BCUT2D eigenvalue weighted by atomic mass is 15.5. The van der Waals surface area contributed by atoms with Crippen LogP contribution in [0.25, 0.3) is 10.9 Å². The van der Waals surface area contributed by atoms with Crippen molar-refractivity contribution < 1.29 is 4.80 Å². The van der Waals surface area contributed by atoms with Gasteiger partial charge in [0.1, 0.15) is 5.52 Å². The van der Waals surface area contributed by atoms with Crippen molar-refractivity contribution in [1.82, 2.24) is 10.2 Å². The van der Waals surface area contributed by atoms with Crippen molar-refractivity contribution in [3.8, 4) is 0 Å². The Kier molecular flexibility index (Phi) is 3.77. The average molecular weight is 279 g/mol. The molecule has 0 atom stereocenters. The molecule has 106 valence electrons. The molecule has 0 spiro atoms. The summed E-state index contributed by atoms with van der Waals surface area (Å²) in [5, 5.41) is 13.6. The van der Waals surface area contributed by atoms with Crippen molar-refractivity contribution in [2.24, 2.45) is 0 Å². The molecule has 0 unspecified atom stereocenters. The standard InChI is InChI=1S/C17H19N4/c1-3-12-21-19-16-7-5-4-6-15(16)17(20-21)18-14-10-8-13(2)9-11-14/h4-11H,3,12H2,1-2H3,(H,18,19,20)/q+1. The molecule has 3 aromatic rings. The van der Waals surface area contributed by atoms with Crippen LogP contribution in [0.3, 0.4) is 0 Å². The maximum atomic E-state index is 4.60. The summed E-state index contributed by atoms with van der Waals surface area (Å²) in [5.74, 6) is 0.845. The Bertz CT molecular complexity index is 750. The topological polar surface area (TPSA) is 41.7 Å². The first-order valence-electron chi connectivity index (χ1n) is 7.27. The zero-order valence-corrected chi connectivity index (χ0v) is 12.4. The van der Waals surface area contributed by atoms with E-state index in [2.05, 4.69) is 53.6 Å². The van der Waals surface area contributed by atoms with Crippen LogP contribution in [-0.4, -0.2) is 10.2 Å². The van der Waals surface area contributed by atoms with Gasteiger partial charge in [-0.25, -0.2) is 0 Å². The second kappa shape index (κ2) is 5.87. The third-order valence-electron chi connectivity index (χ3n) is 3.34. The van der Waals surface area contributed by atoms with Crippen LogP contribution >= 0.6 is 0 Å². The van der Waals surface area contributed by atoms with Crippen LogP contribution in [0.4, 0.5) is 11.5 Å². The maximum absolute atomic E-state index is 4.60. The number of nitrogens with zero attached hydrogens (tertiary/aromatic N) is 3. The minimum absolute atomic E-state index is 0.813. The summed E-state index contributed by atoms with van der Waals surface area (Å²) in [7, 11) is 0. The van der Waals surface area contributed by atoms with Crippen LogP contribution in [0.2, 0.25) is 0 Å². The molecule has 0 bridgehead atoms.